The third-order valence-electron chi connectivity index (χ3n) is 6.19. The fraction of sp³-hybridized carbons (Fsp3) is 0.240. The summed E-state index contributed by atoms with van der Waals surface area (Å²) in [5.41, 5.74) is 11.1. The molecular formula is C25H22O. The minimum Gasteiger partial charge on any atom is -0.298 e. The number of hydrogen-bond acceptors (Lipinski definition) is 1. The van der Waals surface area contributed by atoms with E-state index in [1.54, 1.807) is 11.1 Å². The number of aldehydes is 1. The molecular weight excluding hydrogens is 316 g/mol. The van der Waals surface area contributed by atoms with Crippen molar-refractivity contribution in [2.45, 2.75) is 38.0 Å². The molecule has 0 saturated heterocycles. The summed E-state index contributed by atoms with van der Waals surface area (Å²) in [5, 5.41) is 0. The molecule has 3 aromatic rings. The molecule has 1 unspecified atom stereocenters. The Morgan fingerprint density at radius 2 is 1.62 bits per heavy atom. The van der Waals surface area contributed by atoms with Crippen LogP contribution in [-0.4, -0.2) is 6.29 Å². The van der Waals surface area contributed by atoms with Crippen LogP contribution >= 0.6 is 0 Å². The molecule has 26 heavy (non-hydrogen) atoms. The summed E-state index contributed by atoms with van der Waals surface area (Å²) >= 11 is 0. The number of hydrogen-bond donors (Lipinski definition) is 0. The van der Waals surface area contributed by atoms with Crippen LogP contribution < -0.4 is 0 Å². The molecule has 0 radical (unpaired) electrons. The molecule has 1 heteroatoms. The van der Waals surface area contributed by atoms with Crippen molar-refractivity contribution in [2.75, 3.05) is 0 Å². The molecule has 128 valence electrons. The van der Waals surface area contributed by atoms with Crippen LogP contribution in [0, 0.1) is 0 Å². The lowest BCUT2D eigenvalue weighted by atomic mass is 9.73. The Morgan fingerprint density at radius 1 is 0.769 bits per heavy atom. The number of rotatable bonds is 2. The van der Waals surface area contributed by atoms with Gasteiger partial charge < -0.3 is 0 Å². The molecule has 2 aliphatic carbocycles. The highest BCUT2D eigenvalue weighted by atomic mass is 16.1. The summed E-state index contributed by atoms with van der Waals surface area (Å²) in [6, 6.07) is 21.8. The molecule has 0 aliphatic heterocycles. The van der Waals surface area contributed by atoms with E-state index in [1.165, 1.54) is 47.1 Å². The van der Waals surface area contributed by atoms with E-state index in [0.29, 0.717) is 5.92 Å². The number of aryl methyl sites for hydroxylation is 1. The first-order valence-corrected chi connectivity index (χ1v) is 9.63. The van der Waals surface area contributed by atoms with Crippen LogP contribution in [0.2, 0.25) is 0 Å². The minimum atomic E-state index is 0.460. The fourth-order valence-electron chi connectivity index (χ4n) is 4.92. The predicted octanol–water partition coefficient (Wildman–Crippen LogP) is 5.73. The van der Waals surface area contributed by atoms with Gasteiger partial charge in [-0.3, -0.25) is 4.79 Å². The third-order valence-corrected chi connectivity index (χ3v) is 6.19. The van der Waals surface area contributed by atoms with E-state index in [-0.39, 0.29) is 0 Å². The Morgan fingerprint density at radius 3 is 2.46 bits per heavy atom. The maximum atomic E-state index is 11.0. The number of benzene rings is 3. The maximum absolute atomic E-state index is 11.0. The molecule has 5 rings (SSSR count). The third kappa shape index (κ3) is 2.42. The van der Waals surface area contributed by atoms with Gasteiger partial charge in [-0.05, 0) is 71.0 Å². The average molecular weight is 338 g/mol. The summed E-state index contributed by atoms with van der Waals surface area (Å²) in [6.07, 6.45) is 6.87. The molecule has 1 nitrogen and oxygen atoms in total. The summed E-state index contributed by atoms with van der Waals surface area (Å²) in [5.74, 6) is 0.460. The molecule has 0 aromatic heterocycles. The normalized spacial score (nSPS) is 17.8. The number of carbonyl (C=O) groups is 1. The minimum absolute atomic E-state index is 0.460. The van der Waals surface area contributed by atoms with Crippen molar-refractivity contribution >= 4 is 6.29 Å². The molecule has 1 atom stereocenters. The Kier molecular flexibility index (Phi) is 3.74. The Hall–Kier alpha value is -2.67. The highest BCUT2D eigenvalue weighted by molar-refractivity contribution is 5.76. The van der Waals surface area contributed by atoms with Crippen LogP contribution in [0.25, 0.3) is 11.1 Å². The smallest absolute Gasteiger partial charge is 0.150 e. The van der Waals surface area contributed by atoms with Gasteiger partial charge in [0.05, 0.1) is 0 Å². The van der Waals surface area contributed by atoms with Gasteiger partial charge in [0.2, 0.25) is 0 Å². The van der Waals surface area contributed by atoms with Gasteiger partial charge in [0.1, 0.15) is 6.29 Å². The van der Waals surface area contributed by atoms with Crippen LogP contribution in [0.1, 0.15) is 56.9 Å². The van der Waals surface area contributed by atoms with Gasteiger partial charge in [-0.15, -0.1) is 0 Å². The van der Waals surface area contributed by atoms with Gasteiger partial charge in [0.15, 0.2) is 0 Å². The van der Waals surface area contributed by atoms with Crippen molar-refractivity contribution in [2.24, 2.45) is 0 Å². The predicted molar refractivity (Wildman–Crippen MR) is 106 cm³/mol. The van der Waals surface area contributed by atoms with E-state index in [0.717, 1.165) is 24.7 Å². The SMILES string of the molecule is O=Cc1ccc(C2CCCc3c2ccc2c3CCc3ccccc3-2)cc1. The van der Waals surface area contributed by atoms with Gasteiger partial charge in [-0.25, -0.2) is 0 Å². The molecule has 0 heterocycles. The van der Waals surface area contributed by atoms with E-state index >= 15 is 0 Å². The maximum Gasteiger partial charge on any atom is 0.150 e. The first kappa shape index (κ1) is 15.6. The topological polar surface area (TPSA) is 17.1 Å². The highest BCUT2D eigenvalue weighted by Crippen LogP contribution is 2.43. The quantitative estimate of drug-likeness (QED) is 0.545. The van der Waals surface area contributed by atoms with Crippen LogP contribution in [0.5, 0.6) is 0 Å². The van der Waals surface area contributed by atoms with Crippen molar-refractivity contribution in [3.05, 3.63) is 94.0 Å². The van der Waals surface area contributed by atoms with Gasteiger partial charge in [-0.2, -0.15) is 0 Å². The van der Waals surface area contributed by atoms with Crippen molar-refractivity contribution in [3.8, 4) is 11.1 Å². The van der Waals surface area contributed by atoms with Crippen molar-refractivity contribution in [1.29, 1.82) is 0 Å². The highest BCUT2D eigenvalue weighted by Gasteiger charge is 2.27. The molecule has 3 aromatic carbocycles. The van der Waals surface area contributed by atoms with Crippen molar-refractivity contribution < 1.29 is 4.79 Å². The first-order valence-electron chi connectivity index (χ1n) is 9.63. The van der Waals surface area contributed by atoms with E-state index in [4.69, 9.17) is 0 Å². The van der Waals surface area contributed by atoms with E-state index < -0.39 is 0 Å². The van der Waals surface area contributed by atoms with Gasteiger partial charge in [0, 0.05) is 11.5 Å². The summed E-state index contributed by atoms with van der Waals surface area (Å²) < 4.78 is 0. The second-order valence-electron chi connectivity index (χ2n) is 7.55. The van der Waals surface area contributed by atoms with Gasteiger partial charge in [0.25, 0.3) is 0 Å². The lowest BCUT2D eigenvalue weighted by molar-refractivity contribution is 0.112. The standard InChI is InChI=1S/C25H22O/c26-16-17-8-10-19(11-9-17)21-6-3-7-22-23(21)14-15-24-20-5-2-1-4-18(20)12-13-25(22)24/h1-2,4-5,8-11,14-16,21H,3,6-7,12-13H2. The summed E-state index contributed by atoms with van der Waals surface area (Å²) in [4.78, 5) is 11.0. The number of fused-ring (bicyclic) bond motifs is 5. The van der Waals surface area contributed by atoms with E-state index in [1.807, 2.05) is 12.1 Å². The molecule has 0 spiro atoms. The second-order valence-corrected chi connectivity index (χ2v) is 7.55. The molecule has 0 amide bonds. The van der Waals surface area contributed by atoms with E-state index in [2.05, 4.69) is 48.5 Å². The Bertz CT molecular complexity index is 982. The van der Waals surface area contributed by atoms with Crippen LogP contribution in [0.3, 0.4) is 0 Å². The zero-order valence-electron chi connectivity index (χ0n) is 14.9. The Balaban J connectivity index is 1.62. The van der Waals surface area contributed by atoms with Gasteiger partial charge in [-0.1, -0.05) is 60.7 Å². The monoisotopic (exact) mass is 338 g/mol. The molecule has 0 N–H and O–H groups in total. The Labute approximate surface area is 154 Å². The zero-order chi connectivity index (χ0) is 17.5. The fourth-order valence-corrected chi connectivity index (χ4v) is 4.92. The molecule has 0 fully saturated rings. The first-order chi connectivity index (χ1) is 12.8. The molecule has 0 bridgehead atoms. The second kappa shape index (κ2) is 6.25. The van der Waals surface area contributed by atoms with Crippen molar-refractivity contribution in [1.82, 2.24) is 0 Å². The summed E-state index contributed by atoms with van der Waals surface area (Å²) in [6.45, 7) is 0. The largest absolute Gasteiger partial charge is 0.298 e. The number of carbonyl (C=O) groups excluding carboxylic acids is 1. The molecule has 0 saturated carbocycles. The van der Waals surface area contributed by atoms with Crippen molar-refractivity contribution in [3.63, 3.8) is 0 Å². The zero-order valence-corrected chi connectivity index (χ0v) is 14.9. The average Bonchev–Trinajstić information content (AvgIpc) is 2.73. The lowest BCUT2D eigenvalue weighted by Crippen LogP contribution is -2.16. The van der Waals surface area contributed by atoms with Crippen LogP contribution in [-0.2, 0) is 19.3 Å². The van der Waals surface area contributed by atoms with Gasteiger partial charge >= 0.3 is 0 Å². The van der Waals surface area contributed by atoms with E-state index in [9.17, 15) is 4.79 Å². The lowest BCUT2D eigenvalue weighted by Gasteiger charge is -2.31. The van der Waals surface area contributed by atoms with Crippen LogP contribution in [0.4, 0.5) is 0 Å². The molecule has 2 aliphatic rings. The summed E-state index contributed by atoms with van der Waals surface area (Å²) in [7, 11) is 0. The van der Waals surface area contributed by atoms with Crippen LogP contribution in [0.15, 0.2) is 60.7 Å².